The first-order chi connectivity index (χ1) is 11.6. The van der Waals surface area contributed by atoms with Crippen LogP contribution in [0.1, 0.15) is 47.4 Å². The third kappa shape index (κ3) is 1.58. The Labute approximate surface area is 140 Å². The second kappa shape index (κ2) is 4.47. The van der Waals surface area contributed by atoms with Gasteiger partial charge in [-0.3, -0.25) is 10.1 Å². The predicted octanol–water partition coefficient (Wildman–Crippen LogP) is 3.33. The van der Waals surface area contributed by atoms with Crippen LogP contribution in [0.4, 0.5) is 4.79 Å². The number of fused-ring (bicyclic) bond motifs is 5. The van der Waals surface area contributed by atoms with Gasteiger partial charge in [-0.15, -0.1) is 0 Å². The highest BCUT2D eigenvalue weighted by Crippen LogP contribution is 2.50. The molecule has 0 radical (unpaired) electrons. The molecule has 4 heteroatoms. The monoisotopic (exact) mass is 318 g/mol. The topological polar surface area (TPSA) is 58.2 Å². The third-order valence-electron chi connectivity index (χ3n) is 5.76. The molecule has 3 aliphatic rings. The van der Waals surface area contributed by atoms with E-state index in [9.17, 15) is 9.59 Å². The number of benzene rings is 2. The Hall–Kier alpha value is -2.62. The molecule has 0 aromatic heterocycles. The lowest BCUT2D eigenvalue weighted by Crippen LogP contribution is -2.43. The number of imide groups is 1. The van der Waals surface area contributed by atoms with E-state index in [4.69, 9.17) is 0 Å². The van der Waals surface area contributed by atoms with Crippen molar-refractivity contribution in [2.24, 2.45) is 0 Å². The van der Waals surface area contributed by atoms with Gasteiger partial charge in [-0.2, -0.15) is 0 Å². The standard InChI is InChI=1S/C20H18N2O2/c1-11-5-7-14-15-8-6-13(12-3-2-4-12)10-17(15)20(16(14)9-11)18(23)21-19(24)22-20/h5-10,12H,2-4H2,1H3,(H2,21,22,23,24)/t20-/m0/s1. The van der Waals surface area contributed by atoms with E-state index in [1.807, 2.05) is 13.0 Å². The Morgan fingerprint density at radius 1 is 1.00 bits per heavy atom. The molecule has 2 aromatic rings. The van der Waals surface area contributed by atoms with Crippen molar-refractivity contribution < 1.29 is 9.59 Å². The number of carbonyl (C=O) groups is 2. The van der Waals surface area contributed by atoms with E-state index >= 15 is 0 Å². The Kier molecular flexibility index (Phi) is 2.57. The summed E-state index contributed by atoms with van der Waals surface area (Å²) >= 11 is 0. The maximum atomic E-state index is 12.8. The molecule has 2 fully saturated rings. The maximum Gasteiger partial charge on any atom is 0.322 e. The largest absolute Gasteiger partial charge is 0.322 e. The summed E-state index contributed by atoms with van der Waals surface area (Å²) in [7, 11) is 0. The van der Waals surface area contributed by atoms with Gasteiger partial charge in [0.2, 0.25) is 0 Å². The van der Waals surface area contributed by atoms with E-state index in [-0.39, 0.29) is 5.91 Å². The van der Waals surface area contributed by atoms with Gasteiger partial charge < -0.3 is 5.32 Å². The molecule has 1 atom stereocenters. The average Bonchev–Trinajstić information content (AvgIpc) is 2.94. The molecule has 24 heavy (non-hydrogen) atoms. The van der Waals surface area contributed by atoms with Crippen molar-refractivity contribution in [1.82, 2.24) is 10.6 Å². The van der Waals surface area contributed by atoms with Crippen molar-refractivity contribution in [1.29, 1.82) is 0 Å². The minimum Gasteiger partial charge on any atom is -0.316 e. The molecule has 1 heterocycles. The van der Waals surface area contributed by atoms with Crippen molar-refractivity contribution >= 4 is 11.9 Å². The first-order valence-corrected chi connectivity index (χ1v) is 8.49. The van der Waals surface area contributed by atoms with Crippen LogP contribution < -0.4 is 10.6 Å². The summed E-state index contributed by atoms with van der Waals surface area (Å²) in [5.74, 6) is 0.307. The normalized spacial score (nSPS) is 24.4. The molecular weight excluding hydrogens is 300 g/mol. The number of hydrogen-bond donors (Lipinski definition) is 2. The van der Waals surface area contributed by atoms with E-state index in [1.165, 1.54) is 24.8 Å². The first-order valence-electron chi connectivity index (χ1n) is 8.49. The van der Waals surface area contributed by atoms with Crippen LogP contribution >= 0.6 is 0 Å². The van der Waals surface area contributed by atoms with Crippen LogP contribution in [-0.2, 0) is 10.3 Å². The molecule has 4 nitrogen and oxygen atoms in total. The molecule has 0 unspecified atom stereocenters. The van der Waals surface area contributed by atoms with Crippen LogP contribution in [0, 0.1) is 6.92 Å². The Balaban J connectivity index is 1.79. The van der Waals surface area contributed by atoms with E-state index in [0.717, 1.165) is 27.8 Å². The van der Waals surface area contributed by atoms with Crippen molar-refractivity contribution in [2.75, 3.05) is 0 Å². The molecular formula is C20H18N2O2. The van der Waals surface area contributed by atoms with Crippen LogP contribution in [-0.4, -0.2) is 11.9 Å². The minimum atomic E-state index is -1.08. The fraction of sp³-hybridized carbons (Fsp3) is 0.300. The molecule has 0 bridgehead atoms. The van der Waals surface area contributed by atoms with Crippen molar-refractivity contribution in [3.05, 3.63) is 58.7 Å². The maximum absolute atomic E-state index is 12.8. The molecule has 5 rings (SSSR count). The van der Waals surface area contributed by atoms with Gasteiger partial charge in [0.15, 0.2) is 5.54 Å². The lowest BCUT2D eigenvalue weighted by molar-refractivity contribution is -0.122. The summed E-state index contributed by atoms with van der Waals surface area (Å²) in [5, 5.41) is 5.36. The Morgan fingerprint density at radius 3 is 2.33 bits per heavy atom. The van der Waals surface area contributed by atoms with Crippen LogP contribution in [0.15, 0.2) is 36.4 Å². The van der Waals surface area contributed by atoms with Gasteiger partial charge in [-0.05, 0) is 53.5 Å². The SMILES string of the molecule is Cc1ccc2c(c1)[C@]1(NC(=O)NC1=O)c1cc(C3CCC3)ccc1-2. The zero-order chi connectivity index (χ0) is 16.5. The number of hydrogen-bond acceptors (Lipinski definition) is 2. The highest BCUT2D eigenvalue weighted by molar-refractivity contribution is 6.13. The second-order valence-corrected chi connectivity index (χ2v) is 7.14. The van der Waals surface area contributed by atoms with Crippen LogP contribution in [0.25, 0.3) is 11.1 Å². The fourth-order valence-electron chi connectivity index (χ4n) is 4.29. The molecule has 2 aliphatic carbocycles. The first kappa shape index (κ1) is 13.8. The number of carbonyl (C=O) groups excluding carboxylic acids is 2. The number of nitrogens with one attached hydrogen (secondary N) is 2. The smallest absolute Gasteiger partial charge is 0.316 e. The van der Waals surface area contributed by atoms with Crippen molar-refractivity contribution in [3.63, 3.8) is 0 Å². The lowest BCUT2D eigenvalue weighted by atomic mass is 9.78. The Morgan fingerprint density at radius 2 is 1.71 bits per heavy atom. The van der Waals surface area contributed by atoms with Gasteiger partial charge in [-0.25, -0.2) is 4.79 Å². The molecule has 2 aromatic carbocycles. The van der Waals surface area contributed by atoms with E-state index < -0.39 is 11.6 Å². The van der Waals surface area contributed by atoms with Gasteiger partial charge in [0.1, 0.15) is 0 Å². The second-order valence-electron chi connectivity index (χ2n) is 7.14. The van der Waals surface area contributed by atoms with Gasteiger partial charge in [0.25, 0.3) is 5.91 Å². The van der Waals surface area contributed by atoms with Gasteiger partial charge in [-0.1, -0.05) is 48.4 Å². The van der Waals surface area contributed by atoms with E-state index in [2.05, 4.69) is 41.0 Å². The lowest BCUT2D eigenvalue weighted by Gasteiger charge is -2.28. The highest BCUT2D eigenvalue weighted by atomic mass is 16.2. The molecule has 1 spiro atoms. The third-order valence-corrected chi connectivity index (χ3v) is 5.76. The predicted molar refractivity (Wildman–Crippen MR) is 90.7 cm³/mol. The van der Waals surface area contributed by atoms with Gasteiger partial charge in [0.05, 0.1) is 0 Å². The van der Waals surface area contributed by atoms with Crippen LogP contribution in [0.2, 0.25) is 0 Å². The van der Waals surface area contributed by atoms with E-state index in [0.29, 0.717) is 5.92 Å². The zero-order valence-corrected chi connectivity index (χ0v) is 13.5. The number of aryl methyl sites for hydroxylation is 1. The minimum absolute atomic E-state index is 0.274. The summed E-state index contributed by atoms with van der Waals surface area (Å²) in [5.41, 5.74) is 5.15. The number of rotatable bonds is 1. The molecule has 3 amide bonds. The van der Waals surface area contributed by atoms with Gasteiger partial charge >= 0.3 is 6.03 Å². The quantitative estimate of drug-likeness (QED) is 0.792. The van der Waals surface area contributed by atoms with E-state index in [1.54, 1.807) is 0 Å². The molecule has 1 saturated heterocycles. The summed E-state index contributed by atoms with van der Waals surface area (Å²) in [6.07, 6.45) is 3.68. The zero-order valence-electron chi connectivity index (χ0n) is 13.5. The average molecular weight is 318 g/mol. The van der Waals surface area contributed by atoms with Crippen molar-refractivity contribution in [3.8, 4) is 11.1 Å². The Bertz CT molecular complexity index is 914. The molecule has 2 N–H and O–H groups in total. The fourth-order valence-corrected chi connectivity index (χ4v) is 4.29. The van der Waals surface area contributed by atoms with Crippen molar-refractivity contribution in [2.45, 2.75) is 37.6 Å². The summed E-state index contributed by atoms with van der Waals surface area (Å²) in [6, 6.07) is 12.1. The van der Waals surface area contributed by atoms with Crippen LogP contribution in [0.3, 0.4) is 0 Å². The summed E-state index contributed by atoms with van der Waals surface area (Å²) < 4.78 is 0. The molecule has 1 saturated carbocycles. The summed E-state index contributed by atoms with van der Waals surface area (Å²) in [4.78, 5) is 24.8. The molecule has 120 valence electrons. The van der Waals surface area contributed by atoms with Crippen LogP contribution in [0.5, 0.6) is 0 Å². The number of urea groups is 1. The number of amides is 3. The van der Waals surface area contributed by atoms with Gasteiger partial charge in [0, 0.05) is 0 Å². The highest BCUT2D eigenvalue weighted by Gasteiger charge is 2.55. The summed E-state index contributed by atoms with van der Waals surface area (Å²) in [6.45, 7) is 2.01. The molecule has 1 aliphatic heterocycles.